The van der Waals surface area contributed by atoms with E-state index in [-0.39, 0.29) is 12.3 Å². The molecule has 0 aliphatic carbocycles. The first kappa shape index (κ1) is 30.0. The van der Waals surface area contributed by atoms with Crippen LogP contribution in [0.2, 0.25) is 0 Å². The van der Waals surface area contributed by atoms with Gasteiger partial charge >= 0.3 is 24.0 Å². The molecule has 1 saturated heterocycles. The van der Waals surface area contributed by atoms with Crippen LogP contribution in [-0.2, 0) is 35.2 Å². The number of benzene rings is 3. The standard InChI is InChI=1S/C31H30N4O9/c1-4-40-30-32-26-11-7-10-25(29(38)43-18-42-20(3)37)27(26)34(30)16-21-12-14-22(15-13-21)23-8-5-6-9-24(23)28-33-31(39)44-35(28)17-41-19(2)36/h5-15,28H,4,16-18H2,1-3H3,(H,33,39). The van der Waals surface area contributed by atoms with Gasteiger partial charge in [0, 0.05) is 19.4 Å². The maximum absolute atomic E-state index is 12.9. The van der Waals surface area contributed by atoms with Crippen molar-refractivity contribution in [3.05, 3.63) is 83.4 Å². The third-order valence-electron chi connectivity index (χ3n) is 6.68. The number of amides is 1. The first-order chi connectivity index (χ1) is 21.2. The summed E-state index contributed by atoms with van der Waals surface area (Å²) in [5.41, 5.74) is 4.65. The Balaban J connectivity index is 1.43. The maximum atomic E-state index is 12.9. The van der Waals surface area contributed by atoms with Crippen LogP contribution in [0.1, 0.15) is 48.4 Å². The van der Waals surface area contributed by atoms with Gasteiger partial charge in [-0.3, -0.25) is 19.5 Å². The number of rotatable bonds is 11. The molecule has 13 nitrogen and oxygen atoms in total. The fourth-order valence-electron chi connectivity index (χ4n) is 4.79. The van der Waals surface area contributed by atoms with Crippen molar-refractivity contribution in [2.45, 2.75) is 33.5 Å². The van der Waals surface area contributed by atoms with Crippen LogP contribution in [0, 0.1) is 0 Å². The summed E-state index contributed by atoms with van der Waals surface area (Å²) in [6.45, 7) is 4.30. The van der Waals surface area contributed by atoms with E-state index in [0.29, 0.717) is 30.2 Å². The Labute approximate surface area is 252 Å². The minimum atomic E-state index is -0.678. The number of para-hydroxylation sites is 1. The minimum absolute atomic E-state index is 0.230. The quantitative estimate of drug-likeness (QED) is 0.193. The van der Waals surface area contributed by atoms with Gasteiger partial charge in [-0.2, -0.15) is 4.98 Å². The molecule has 1 aliphatic rings. The summed E-state index contributed by atoms with van der Waals surface area (Å²) in [5, 5.41) is 4.02. The average Bonchev–Trinajstić information content (AvgIpc) is 3.55. The number of ether oxygens (including phenoxy) is 4. The lowest BCUT2D eigenvalue weighted by Crippen LogP contribution is -2.30. The second kappa shape index (κ2) is 13.3. The van der Waals surface area contributed by atoms with Crippen molar-refractivity contribution in [3.63, 3.8) is 0 Å². The molecular formula is C31H30N4O9. The zero-order valence-corrected chi connectivity index (χ0v) is 24.3. The Morgan fingerprint density at radius 3 is 2.41 bits per heavy atom. The van der Waals surface area contributed by atoms with Gasteiger partial charge in [-0.05, 0) is 35.7 Å². The van der Waals surface area contributed by atoms with Crippen LogP contribution in [-0.4, -0.2) is 58.7 Å². The van der Waals surface area contributed by atoms with Crippen LogP contribution in [0.15, 0.2) is 66.7 Å². The third-order valence-corrected chi connectivity index (χ3v) is 6.68. The highest BCUT2D eigenvalue weighted by Crippen LogP contribution is 2.33. The number of esters is 3. The van der Waals surface area contributed by atoms with Crippen molar-refractivity contribution in [2.24, 2.45) is 0 Å². The first-order valence-electron chi connectivity index (χ1n) is 13.7. The van der Waals surface area contributed by atoms with Crippen LogP contribution in [0.3, 0.4) is 0 Å². The van der Waals surface area contributed by atoms with E-state index in [1.165, 1.54) is 18.9 Å². The summed E-state index contributed by atoms with van der Waals surface area (Å²) in [4.78, 5) is 57.2. The zero-order valence-electron chi connectivity index (χ0n) is 24.3. The lowest BCUT2D eigenvalue weighted by molar-refractivity contribution is -0.177. The molecule has 44 heavy (non-hydrogen) atoms. The minimum Gasteiger partial charge on any atom is -0.465 e. The Morgan fingerprint density at radius 1 is 0.932 bits per heavy atom. The number of aromatic nitrogens is 2. The predicted octanol–water partition coefficient (Wildman–Crippen LogP) is 4.30. The number of nitrogens with zero attached hydrogens (tertiary/aromatic N) is 3. The van der Waals surface area contributed by atoms with Crippen LogP contribution < -0.4 is 10.1 Å². The molecule has 0 radical (unpaired) electrons. The van der Waals surface area contributed by atoms with Crippen LogP contribution in [0.4, 0.5) is 4.79 Å². The fourth-order valence-corrected chi connectivity index (χ4v) is 4.79. The molecule has 13 heteroatoms. The highest BCUT2D eigenvalue weighted by atomic mass is 16.8. The molecule has 1 aromatic heterocycles. The van der Waals surface area contributed by atoms with Gasteiger partial charge in [-0.25, -0.2) is 9.59 Å². The largest absolute Gasteiger partial charge is 0.465 e. The topological polar surface area (TPSA) is 148 Å². The Kier molecular flexibility index (Phi) is 9.05. The first-order valence-corrected chi connectivity index (χ1v) is 13.7. The molecule has 1 N–H and O–H groups in total. The number of imidazole rings is 1. The van der Waals surface area contributed by atoms with E-state index in [2.05, 4.69) is 10.3 Å². The van der Waals surface area contributed by atoms with Gasteiger partial charge in [0.05, 0.1) is 29.7 Å². The van der Waals surface area contributed by atoms with E-state index in [0.717, 1.165) is 22.3 Å². The summed E-state index contributed by atoms with van der Waals surface area (Å²) in [5.74, 6) is -1.73. The van der Waals surface area contributed by atoms with E-state index in [1.807, 2.05) is 55.5 Å². The summed E-state index contributed by atoms with van der Waals surface area (Å²) in [6.07, 6.45) is -1.33. The van der Waals surface area contributed by atoms with E-state index >= 15 is 0 Å². The number of hydrogen-bond acceptors (Lipinski definition) is 11. The average molecular weight is 603 g/mol. The molecule has 2 heterocycles. The molecule has 1 amide bonds. The van der Waals surface area contributed by atoms with Gasteiger partial charge in [0.2, 0.25) is 6.79 Å². The summed E-state index contributed by atoms with van der Waals surface area (Å²) in [7, 11) is 0. The van der Waals surface area contributed by atoms with Crippen molar-refractivity contribution in [2.75, 3.05) is 20.1 Å². The number of fused-ring (bicyclic) bond motifs is 1. The van der Waals surface area contributed by atoms with Gasteiger partial charge < -0.3 is 23.8 Å². The lowest BCUT2D eigenvalue weighted by Gasteiger charge is -2.22. The maximum Gasteiger partial charge on any atom is 0.428 e. The molecule has 3 aromatic carbocycles. The molecule has 0 saturated carbocycles. The van der Waals surface area contributed by atoms with E-state index < -0.39 is 37.0 Å². The molecular weight excluding hydrogens is 572 g/mol. The van der Waals surface area contributed by atoms with E-state index in [9.17, 15) is 19.2 Å². The molecule has 0 spiro atoms. The molecule has 1 atom stereocenters. The van der Waals surface area contributed by atoms with Gasteiger partial charge in [0.25, 0.3) is 6.01 Å². The summed E-state index contributed by atoms with van der Waals surface area (Å²) >= 11 is 0. The van der Waals surface area contributed by atoms with Gasteiger partial charge in [0.15, 0.2) is 6.73 Å². The fraction of sp³-hybridized carbons (Fsp3) is 0.258. The number of nitrogens with one attached hydrogen (secondary N) is 1. The van der Waals surface area contributed by atoms with Crippen molar-refractivity contribution >= 4 is 35.0 Å². The second-order valence-corrected chi connectivity index (χ2v) is 9.66. The molecule has 1 aliphatic heterocycles. The van der Waals surface area contributed by atoms with E-state index in [1.54, 1.807) is 22.8 Å². The lowest BCUT2D eigenvalue weighted by atomic mass is 9.97. The number of carbonyl (C=O) groups is 4. The molecule has 0 bridgehead atoms. The zero-order chi connectivity index (χ0) is 31.2. The molecule has 228 valence electrons. The van der Waals surface area contributed by atoms with Crippen LogP contribution in [0.5, 0.6) is 6.01 Å². The predicted molar refractivity (Wildman–Crippen MR) is 155 cm³/mol. The van der Waals surface area contributed by atoms with Crippen molar-refractivity contribution in [1.29, 1.82) is 0 Å². The molecule has 5 rings (SSSR count). The smallest absolute Gasteiger partial charge is 0.428 e. The second-order valence-electron chi connectivity index (χ2n) is 9.66. The van der Waals surface area contributed by atoms with Gasteiger partial charge in [-0.1, -0.05) is 59.7 Å². The molecule has 4 aromatic rings. The third kappa shape index (κ3) is 6.63. The highest BCUT2D eigenvalue weighted by molar-refractivity contribution is 6.02. The summed E-state index contributed by atoms with van der Waals surface area (Å²) < 4.78 is 22.6. The van der Waals surface area contributed by atoms with Gasteiger partial charge in [0.1, 0.15) is 6.17 Å². The van der Waals surface area contributed by atoms with Crippen molar-refractivity contribution in [3.8, 4) is 17.1 Å². The Bertz CT molecular complexity index is 1700. The normalized spacial score (nSPS) is 14.5. The Hall–Kier alpha value is -5.43. The summed E-state index contributed by atoms with van der Waals surface area (Å²) in [6, 6.07) is 20.7. The van der Waals surface area contributed by atoms with E-state index in [4.69, 9.17) is 23.8 Å². The van der Waals surface area contributed by atoms with Crippen LogP contribution >= 0.6 is 0 Å². The highest BCUT2D eigenvalue weighted by Gasteiger charge is 2.35. The monoisotopic (exact) mass is 602 g/mol. The molecule has 1 unspecified atom stereocenters. The van der Waals surface area contributed by atoms with Crippen LogP contribution in [0.25, 0.3) is 22.2 Å². The SMILES string of the molecule is CCOc1nc2cccc(C(=O)OCOC(C)=O)c2n1Cc1ccc(-c2ccccc2C2NC(=O)ON2COC(C)=O)cc1. The van der Waals surface area contributed by atoms with Gasteiger partial charge in [-0.15, -0.1) is 0 Å². The molecule has 1 fully saturated rings. The number of hydrogen-bond donors (Lipinski definition) is 1. The number of carbonyl (C=O) groups excluding carboxylic acids is 4. The number of hydroxylamine groups is 2. The Morgan fingerprint density at radius 2 is 1.68 bits per heavy atom. The van der Waals surface area contributed by atoms with Crippen molar-refractivity contribution in [1.82, 2.24) is 19.9 Å². The van der Waals surface area contributed by atoms with Crippen molar-refractivity contribution < 1.29 is 43.0 Å².